The first-order chi connectivity index (χ1) is 13.0. The van der Waals surface area contributed by atoms with E-state index >= 15 is 0 Å². The van der Waals surface area contributed by atoms with Crippen molar-refractivity contribution in [3.63, 3.8) is 0 Å². The Hall–Kier alpha value is -2.96. The minimum absolute atomic E-state index is 0.214. The van der Waals surface area contributed by atoms with Crippen LogP contribution in [0, 0.1) is 0 Å². The van der Waals surface area contributed by atoms with Gasteiger partial charge in [-0.05, 0) is 60.0 Å². The molecular weight excluding hydrogens is 386 g/mol. The highest BCUT2D eigenvalue weighted by atomic mass is 35.5. The van der Waals surface area contributed by atoms with Crippen molar-refractivity contribution in [1.82, 2.24) is 0 Å². The lowest BCUT2D eigenvalue weighted by molar-refractivity contribution is 0.0475. The first kappa shape index (κ1) is 18.8. The van der Waals surface area contributed by atoms with Crippen LogP contribution in [0.1, 0.15) is 30.4 Å². The Balaban J connectivity index is 1.55. The normalized spacial score (nSPS) is 10.3. The van der Waals surface area contributed by atoms with E-state index in [0.29, 0.717) is 21.2 Å². The van der Waals surface area contributed by atoms with Crippen LogP contribution in [0.2, 0.25) is 5.02 Å². The number of benzene rings is 2. The second-order valence-corrected chi connectivity index (χ2v) is 6.90. The minimum atomic E-state index is -0.617. The fourth-order valence-electron chi connectivity index (χ4n) is 2.22. The van der Waals surface area contributed by atoms with Crippen molar-refractivity contribution in [2.75, 3.05) is 11.9 Å². The number of halogens is 1. The zero-order valence-corrected chi connectivity index (χ0v) is 15.5. The summed E-state index contributed by atoms with van der Waals surface area (Å²) in [5.41, 5.74) is 1.26. The van der Waals surface area contributed by atoms with Gasteiger partial charge < -0.3 is 10.1 Å². The van der Waals surface area contributed by atoms with Gasteiger partial charge in [0.2, 0.25) is 0 Å². The molecule has 0 fully saturated rings. The van der Waals surface area contributed by atoms with Gasteiger partial charge in [0.05, 0.1) is 10.4 Å². The second-order valence-electron chi connectivity index (χ2n) is 5.51. The summed E-state index contributed by atoms with van der Waals surface area (Å²) in [5, 5.41) is 5.08. The quantitative estimate of drug-likeness (QED) is 0.482. The van der Waals surface area contributed by atoms with Crippen LogP contribution in [-0.2, 0) is 4.74 Å². The van der Waals surface area contributed by atoms with Crippen molar-refractivity contribution < 1.29 is 19.1 Å². The molecule has 1 amide bonds. The first-order valence-corrected chi connectivity index (χ1v) is 9.19. The van der Waals surface area contributed by atoms with E-state index in [9.17, 15) is 14.4 Å². The molecule has 2 aromatic carbocycles. The Labute approximate surface area is 164 Å². The molecule has 27 heavy (non-hydrogen) atoms. The van der Waals surface area contributed by atoms with Crippen molar-refractivity contribution >= 4 is 46.3 Å². The van der Waals surface area contributed by atoms with Crippen LogP contribution < -0.4 is 5.32 Å². The third kappa shape index (κ3) is 5.03. The number of carbonyl (C=O) groups is 3. The average molecular weight is 400 g/mol. The summed E-state index contributed by atoms with van der Waals surface area (Å²) < 4.78 is 5.05. The molecule has 1 aromatic heterocycles. The van der Waals surface area contributed by atoms with E-state index in [-0.39, 0.29) is 23.9 Å². The maximum Gasteiger partial charge on any atom is 0.338 e. The third-order valence-corrected chi connectivity index (χ3v) is 4.74. The molecule has 3 aromatic rings. The monoisotopic (exact) mass is 399 g/mol. The Morgan fingerprint density at radius 1 is 0.926 bits per heavy atom. The number of amides is 1. The number of esters is 1. The van der Waals surface area contributed by atoms with Crippen LogP contribution in [0.5, 0.6) is 0 Å². The van der Waals surface area contributed by atoms with Crippen molar-refractivity contribution in [2.24, 2.45) is 0 Å². The van der Waals surface area contributed by atoms with E-state index in [1.54, 1.807) is 48.5 Å². The predicted molar refractivity (Wildman–Crippen MR) is 105 cm³/mol. The van der Waals surface area contributed by atoms with Gasteiger partial charge in [-0.1, -0.05) is 17.7 Å². The van der Waals surface area contributed by atoms with Gasteiger partial charge in [0.25, 0.3) is 5.91 Å². The van der Waals surface area contributed by atoms with E-state index < -0.39 is 5.97 Å². The number of anilines is 1. The number of hydrogen-bond acceptors (Lipinski definition) is 5. The van der Waals surface area contributed by atoms with Gasteiger partial charge in [-0.2, -0.15) is 0 Å². The highest BCUT2D eigenvalue weighted by molar-refractivity contribution is 7.12. The number of ketones is 1. The van der Waals surface area contributed by atoms with E-state index in [1.807, 2.05) is 5.38 Å². The molecule has 0 unspecified atom stereocenters. The fraction of sp³-hybridized carbons (Fsp3) is 0.0500. The molecule has 7 heteroatoms. The fourth-order valence-corrected chi connectivity index (χ4v) is 2.97. The lowest BCUT2D eigenvalue weighted by Crippen LogP contribution is -2.14. The summed E-state index contributed by atoms with van der Waals surface area (Å²) in [6.45, 7) is -0.364. The Bertz CT molecular complexity index is 951. The summed E-state index contributed by atoms with van der Waals surface area (Å²) in [6.07, 6.45) is 0. The van der Waals surface area contributed by atoms with Crippen LogP contribution in [0.15, 0.2) is 66.0 Å². The SMILES string of the molecule is O=C(COC(=O)c1ccc(NC(=O)c2cccs2)cc1)c1ccc(Cl)cc1. The summed E-state index contributed by atoms with van der Waals surface area (Å²) in [5.74, 6) is -1.15. The lowest BCUT2D eigenvalue weighted by Gasteiger charge is -2.07. The molecule has 0 spiro atoms. The average Bonchev–Trinajstić information content (AvgIpc) is 3.22. The molecule has 3 rings (SSSR count). The van der Waals surface area contributed by atoms with Gasteiger partial charge in [-0.3, -0.25) is 9.59 Å². The van der Waals surface area contributed by atoms with Gasteiger partial charge in [-0.25, -0.2) is 4.79 Å². The van der Waals surface area contributed by atoms with E-state index in [4.69, 9.17) is 16.3 Å². The molecule has 0 atom stereocenters. The number of rotatable bonds is 6. The van der Waals surface area contributed by atoms with E-state index in [1.165, 1.54) is 23.5 Å². The van der Waals surface area contributed by atoms with Crippen molar-refractivity contribution in [3.05, 3.63) is 87.1 Å². The van der Waals surface area contributed by atoms with Crippen LogP contribution in [0.3, 0.4) is 0 Å². The molecule has 5 nitrogen and oxygen atoms in total. The van der Waals surface area contributed by atoms with Crippen molar-refractivity contribution in [3.8, 4) is 0 Å². The molecule has 0 saturated carbocycles. The summed E-state index contributed by atoms with van der Waals surface area (Å²) in [6, 6.07) is 16.1. The van der Waals surface area contributed by atoms with E-state index in [0.717, 1.165) is 0 Å². The zero-order valence-electron chi connectivity index (χ0n) is 14.0. The smallest absolute Gasteiger partial charge is 0.338 e. The molecular formula is C20H14ClNO4S. The standard InChI is InChI=1S/C20H14ClNO4S/c21-15-7-3-13(4-8-15)17(23)12-26-20(25)14-5-9-16(10-6-14)22-19(24)18-2-1-11-27-18/h1-11H,12H2,(H,22,24). The number of thiophene rings is 1. The molecule has 0 aliphatic carbocycles. The van der Waals surface area contributed by atoms with Crippen LogP contribution in [0.25, 0.3) is 0 Å². The molecule has 1 heterocycles. The summed E-state index contributed by atoms with van der Waals surface area (Å²) in [7, 11) is 0. The number of nitrogens with one attached hydrogen (secondary N) is 1. The van der Waals surface area contributed by atoms with Gasteiger partial charge in [-0.15, -0.1) is 11.3 Å². The number of ether oxygens (including phenoxy) is 1. The molecule has 0 radical (unpaired) electrons. The Morgan fingerprint density at radius 2 is 1.59 bits per heavy atom. The zero-order chi connectivity index (χ0) is 19.2. The van der Waals surface area contributed by atoms with Crippen LogP contribution in [0.4, 0.5) is 5.69 Å². The van der Waals surface area contributed by atoms with Gasteiger partial charge >= 0.3 is 5.97 Å². The molecule has 0 aliphatic heterocycles. The van der Waals surface area contributed by atoms with E-state index in [2.05, 4.69) is 5.32 Å². The van der Waals surface area contributed by atoms with Crippen molar-refractivity contribution in [2.45, 2.75) is 0 Å². The Kier molecular flexibility index (Phi) is 6.01. The number of carbonyl (C=O) groups excluding carboxylic acids is 3. The second kappa shape index (κ2) is 8.62. The highest BCUT2D eigenvalue weighted by Gasteiger charge is 2.13. The first-order valence-electron chi connectivity index (χ1n) is 7.94. The van der Waals surface area contributed by atoms with Crippen molar-refractivity contribution in [1.29, 1.82) is 0 Å². The van der Waals surface area contributed by atoms with Crippen LogP contribution in [-0.4, -0.2) is 24.3 Å². The minimum Gasteiger partial charge on any atom is -0.454 e. The van der Waals surface area contributed by atoms with Gasteiger partial charge in [0.15, 0.2) is 12.4 Å². The lowest BCUT2D eigenvalue weighted by atomic mass is 10.1. The summed E-state index contributed by atoms with van der Waals surface area (Å²) in [4.78, 5) is 36.7. The molecule has 1 N–H and O–H groups in total. The molecule has 136 valence electrons. The maximum absolute atomic E-state index is 12.1. The molecule has 0 aliphatic rings. The highest BCUT2D eigenvalue weighted by Crippen LogP contribution is 2.15. The molecule has 0 saturated heterocycles. The summed E-state index contributed by atoms with van der Waals surface area (Å²) >= 11 is 7.12. The van der Waals surface area contributed by atoms with Gasteiger partial charge in [0.1, 0.15) is 0 Å². The van der Waals surface area contributed by atoms with Crippen LogP contribution >= 0.6 is 22.9 Å². The van der Waals surface area contributed by atoms with Gasteiger partial charge in [0, 0.05) is 16.3 Å². The Morgan fingerprint density at radius 3 is 2.22 bits per heavy atom. The topological polar surface area (TPSA) is 72.5 Å². The third-order valence-electron chi connectivity index (χ3n) is 3.62. The molecule has 0 bridgehead atoms. The predicted octanol–water partition coefficient (Wildman–Crippen LogP) is 4.69. The number of hydrogen-bond donors (Lipinski definition) is 1. The number of Topliss-reactive ketones (excluding diaryl/α,β-unsaturated/α-hetero) is 1. The largest absolute Gasteiger partial charge is 0.454 e. The maximum atomic E-state index is 12.1.